The minimum absolute atomic E-state index is 0.139. The molecule has 0 fully saturated rings. The molecule has 1 heterocycles. The van der Waals surface area contributed by atoms with Gasteiger partial charge in [0.25, 0.3) is 0 Å². The van der Waals surface area contributed by atoms with E-state index >= 15 is 0 Å². The standard InChI is InChI=1S/C22H20ClN3O2/c1-4-18-20(24-2)19(21(22(27)28)26(18)3)14-9-11-16(12-10-14)25-13-15-7-5-6-8-17(15)23/h5-12,25H,4,13H2,1,3H3,(H,27,28). The molecule has 28 heavy (non-hydrogen) atoms. The summed E-state index contributed by atoms with van der Waals surface area (Å²) in [5.74, 6) is -1.04. The molecule has 0 atom stereocenters. The lowest BCUT2D eigenvalue weighted by molar-refractivity contribution is 0.0687. The molecule has 2 aromatic carbocycles. The first kappa shape index (κ1) is 19.5. The minimum atomic E-state index is -1.04. The summed E-state index contributed by atoms with van der Waals surface area (Å²) in [5, 5.41) is 13.7. The summed E-state index contributed by atoms with van der Waals surface area (Å²) >= 11 is 6.18. The van der Waals surface area contributed by atoms with Crippen LogP contribution in [-0.4, -0.2) is 15.6 Å². The van der Waals surface area contributed by atoms with Crippen LogP contribution in [0.1, 0.15) is 28.7 Å². The second-order valence-electron chi connectivity index (χ2n) is 6.37. The zero-order valence-corrected chi connectivity index (χ0v) is 16.4. The number of aromatic carboxylic acids is 1. The van der Waals surface area contributed by atoms with E-state index in [-0.39, 0.29) is 5.69 Å². The summed E-state index contributed by atoms with van der Waals surface area (Å²) in [6, 6.07) is 15.1. The van der Waals surface area contributed by atoms with Gasteiger partial charge in [0.05, 0.1) is 6.57 Å². The lowest BCUT2D eigenvalue weighted by Gasteiger charge is -2.10. The molecular formula is C22H20ClN3O2. The number of anilines is 1. The molecule has 0 saturated heterocycles. The van der Waals surface area contributed by atoms with Gasteiger partial charge in [-0.2, -0.15) is 0 Å². The molecule has 0 bridgehead atoms. The number of hydrogen-bond donors (Lipinski definition) is 2. The van der Waals surface area contributed by atoms with Gasteiger partial charge in [0.15, 0.2) is 0 Å². The molecule has 0 unspecified atom stereocenters. The van der Waals surface area contributed by atoms with Crippen molar-refractivity contribution in [2.75, 3.05) is 5.32 Å². The van der Waals surface area contributed by atoms with E-state index in [1.165, 1.54) is 0 Å². The molecule has 0 aliphatic carbocycles. The molecule has 0 aliphatic heterocycles. The highest BCUT2D eigenvalue weighted by molar-refractivity contribution is 6.31. The van der Waals surface area contributed by atoms with Crippen LogP contribution in [0.15, 0.2) is 48.5 Å². The molecule has 3 aromatic rings. The third-order valence-corrected chi connectivity index (χ3v) is 5.12. The Labute approximate surface area is 169 Å². The first-order chi connectivity index (χ1) is 13.5. The fraction of sp³-hybridized carbons (Fsp3) is 0.182. The highest BCUT2D eigenvalue weighted by Crippen LogP contribution is 2.39. The van der Waals surface area contributed by atoms with E-state index < -0.39 is 5.97 Å². The summed E-state index contributed by atoms with van der Waals surface area (Å²) in [4.78, 5) is 15.4. The van der Waals surface area contributed by atoms with Crippen molar-refractivity contribution in [3.63, 3.8) is 0 Å². The Morgan fingerprint density at radius 1 is 1.21 bits per heavy atom. The normalized spacial score (nSPS) is 10.5. The van der Waals surface area contributed by atoms with Crippen LogP contribution in [0.25, 0.3) is 16.0 Å². The molecule has 3 rings (SSSR count). The number of nitrogens with one attached hydrogen (secondary N) is 1. The van der Waals surface area contributed by atoms with Gasteiger partial charge in [-0.05, 0) is 35.7 Å². The van der Waals surface area contributed by atoms with Gasteiger partial charge in [0.1, 0.15) is 5.69 Å². The van der Waals surface area contributed by atoms with Crippen LogP contribution in [-0.2, 0) is 20.0 Å². The maximum absolute atomic E-state index is 11.8. The average molecular weight is 394 g/mol. The van der Waals surface area contributed by atoms with Crippen molar-refractivity contribution in [3.8, 4) is 11.1 Å². The van der Waals surface area contributed by atoms with E-state index in [1.54, 1.807) is 11.6 Å². The third-order valence-electron chi connectivity index (χ3n) is 4.75. The number of nitrogens with zero attached hydrogens (tertiary/aromatic N) is 2. The van der Waals surface area contributed by atoms with Crippen LogP contribution in [0.4, 0.5) is 11.4 Å². The Morgan fingerprint density at radius 3 is 2.46 bits per heavy atom. The zero-order valence-electron chi connectivity index (χ0n) is 15.7. The molecule has 0 saturated carbocycles. The van der Waals surface area contributed by atoms with Gasteiger partial charge < -0.3 is 15.0 Å². The first-order valence-electron chi connectivity index (χ1n) is 8.87. The second kappa shape index (κ2) is 8.20. The van der Waals surface area contributed by atoms with Gasteiger partial charge in [0.2, 0.25) is 5.69 Å². The number of aromatic nitrogens is 1. The van der Waals surface area contributed by atoms with Crippen molar-refractivity contribution < 1.29 is 9.90 Å². The third kappa shape index (κ3) is 3.60. The molecule has 0 spiro atoms. The van der Waals surface area contributed by atoms with E-state index in [2.05, 4.69) is 10.2 Å². The van der Waals surface area contributed by atoms with Gasteiger partial charge in [0, 0.05) is 35.6 Å². The summed E-state index contributed by atoms with van der Waals surface area (Å²) in [6.07, 6.45) is 0.589. The van der Waals surface area contributed by atoms with Gasteiger partial charge in [-0.3, -0.25) is 0 Å². The molecule has 5 nitrogen and oxygen atoms in total. The van der Waals surface area contributed by atoms with E-state index in [4.69, 9.17) is 18.2 Å². The molecule has 0 amide bonds. The summed E-state index contributed by atoms with van der Waals surface area (Å²) < 4.78 is 1.61. The van der Waals surface area contributed by atoms with Gasteiger partial charge in [-0.25, -0.2) is 9.64 Å². The number of halogens is 1. The van der Waals surface area contributed by atoms with Crippen LogP contribution >= 0.6 is 11.6 Å². The van der Waals surface area contributed by atoms with Crippen LogP contribution in [0, 0.1) is 6.57 Å². The lowest BCUT2D eigenvalue weighted by Crippen LogP contribution is -2.07. The van der Waals surface area contributed by atoms with Crippen LogP contribution in [0.5, 0.6) is 0 Å². The minimum Gasteiger partial charge on any atom is -0.477 e. The Balaban J connectivity index is 1.93. The quantitative estimate of drug-likeness (QED) is 0.523. The number of carboxylic acids is 1. The van der Waals surface area contributed by atoms with Crippen molar-refractivity contribution in [1.29, 1.82) is 0 Å². The predicted octanol–water partition coefficient (Wildman–Crippen LogP) is 5.77. The van der Waals surface area contributed by atoms with Crippen LogP contribution in [0.2, 0.25) is 5.02 Å². The smallest absolute Gasteiger partial charge is 0.351 e. The maximum Gasteiger partial charge on any atom is 0.351 e. The molecule has 6 heteroatoms. The number of hydrogen-bond acceptors (Lipinski definition) is 2. The van der Waals surface area contributed by atoms with Crippen molar-refractivity contribution >= 4 is 28.9 Å². The predicted molar refractivity (Wildman–Crippen MR) is 112 cm³/mol. The van der Waals surface area contributed by atoms with E-state index in [0.29, 0.717) is 34.8 Å². The van der Waals surface area contributed by atoms with Crippen molar-refractivity contribution in [1.82, 2.24) is 4.57 Å². The number of carbonyl (C=O) groups is 1. The summed E-state index contributed by atoms with van der Waals surface area (Å²) in [6.45, 7) is 10.0. The highest BCUT2D eigenvalue weighted by atomic mass is 35.5. The monoisotopic (exact) mass is 393 g/mol. The van der Waals surface area contributed by atoms with Crippen molar-refractivity contribution in [3.05, 3.63) is 81.9 Å². The summed E-state index contributed by atoms with van der Waals surface area (Å²) in [7, 11) is 1.69. The van der Waals surface area contributed by atoms with Gasteiger partial charge in [-0.15, -0.1) is 0 Å². The number of rotatable bonds is 6. The van der Waals surface area contributed by atoms with E-state index in [0.717, 1.165) is 16.9 Å². The zero-order chi connectivity index (χ0) is 20.3. The Bertz CT molecular complexity index is 1060. The molecule has 1 aromatic heterocycles. The van der Waals surface area contributed by atoms with Crippen LogP contribution in [0.3, 0.4) is 0 Å². The topological polar surface area (TPSA) is 58.6 Å². The Hall–Kier alpha value is -3.23. The molecule has 0 radical (unpaired) electrons. The lowest BCUT2D eigenvalue weighted by atomic mass is 10.0. The van der Waals surface area contributed by atoms with Crippen LogP contribution < -0.4 is 5.32 Å². The maximum atomic E-state index is 11.8. The fourth-order valence-electron chi connectivity index (χ4n) is 3.36. The molecule has 142 valence electrons. The Morgan fingerprint density at radius 2 is 1.89 bits per heavy atom. The molecule has 0 aliphatic rings. The highest BCUT2D eigenvalue weighted by Gasteiger charge is 2.25. The molecular weight excluding hydrogens is 374 g/mol. The van der Waals surface area contributed by atoms with E-state index in [9.17, 15) is 9.90 Å². The summed E-state index contributed by atoms with van der Waals surface area (Å²) in [5.41, 5.74) is 4.33. The van der Waals surface area contributed by atoms with Crippen molar-refractivity contribution in [2.45, 2.75) is 19.9 Å². The first-order valence-corrected chi connectivity index (χ1v) is 9.25. The van der Waals surface area contributed by atoms with Crippen molar-refractivity contribution in [2.24, 2.45) is 7.05 Å². The number of carboxylic acid groups (broad SMARTS) is 1. The molecule has 2 N–H and O–H groups in total. The van der Waals surface area contributed by atoms with E-state index in [1.807, 2.05) is 55.5 Å². The fourth-order valence-corrected chi connectivity index (χ4v) is 3.56. The largest absolute Gasteiger partial charge is 0.477 e. The van der Waals surface area contributed by atoms with Gasteiger partial charge >= 0.3 is 5.97 Å². The average Bonchev–Trinajstić information content (AvgIpc) is 2.99. The number of benzene rings is 2. The van der Waals surface area contributed by atoms with Gasteiger partial charge in [-0.1, -0.05) is 48.9 Å². The second-order valence-corrected chi connectivity index (χ2v) is 6.78. The SMILES string of the molecule is [C-]#[N+]c1c(-c2ccc(NCc3ccccc3Cl)cc2)c(C(=O)O)n(C)c1CC. The Kier molecular flexibility index (Phi) is 5.72.